The maximum Gasteiger partial charge on any atom is 0.248 e. The van der Waals surface area contributed by atoms with Crippen molar-refractivity contribution in [2.24, 2.45) is 5.92 Å². The molecule has 1 saturated carbocycles. The van der Waals surface area contributed by atoms with E-state index >= 15 is 0 Å². The van der Waals surface area contributed by atoms with Crippen molar-refractivity contribution < 1.29 is 13.6 Å². The van der Waals surface area contributed by atoms with Crippen LogP contribution in [-0.2, 0) is 4.79 Å². The molecule has 0 aromatic carbocycles. The first-order valence-electron chi connectivity index (χ1n) is 6.80. The topological polar surface area (TPSA) is 23.6 Å². The van der Waals surface area contributed by atoms with Crippen LogP contribution in [0.15, 0.2) is 0 Å². The zero-order valence-corrected chi connectivity index (χ0v) is 11.2. The Hall–Kier alpha value is -0.710. The minimum atomic E-state index is -2.62. The summed E-state index contributed by atoms with van der Waals surface area (Å²) in [5.41, 5.74) is 0. The molecule has 1 atom stereocenters. The summed E-state index contributed by atoms with van der Waals surface area (Å²) in [5, 5.41) is 0. The largest absolute Gasteiger partial charge is 0.340 e. The summed E-state index contributed by atoms with van der Waals surface area (Å²) >= 11 is 0. The zero-order chi connectivity index (χ0) is 13.3. The van der Waals surface area contributed by atoms with E-state index in [1.807, 2.05) is 0 Å². The monoisotopic (exact) mass is 260 g/mol. The third-order valence-electron chi connectivity index (χ3n) is 4.11. The minimum Gasteiger partial charge on any atom is -0.340 e. The second kappa shape index (κ2) is 5.11. The van der Waals surface area contributed by atoms with Crippen LogP contribution in [0, 0.1) is 5.92 Å². The van der Waals surface area contributed by atoms with E-state index in [0.29, 0.717) is 25.6 Å². The van der Waals surface area contributed by atoms with Crippen LogP contribution in [-0.4, -0.2) is 53.9 Å². The van der Waals surface area contributed by atoms with E-state index in [-0.39, 0.29) is 18.7 Å². The van der Waals surface area contributed by atoms with Crippen LogP contribution >= 0.6 is 0 Å². The number of nitrogens with zero attached hydrogens (tertiary/aromatic N) is 2. The number of hydrogen-bond donors (Lipinski definition) is 0. The van der Waals surface area contributed by atoms with E-state index in [2.05, 4.69) is 18.7 Å². The van der Waals surface area contributed by atoms with Gasteiger partial charge in [-0.2, -0.15) is 0 Å². The predicted octanol–water partition coefficient (Wildman–Crippen LogP) is 1.97. The van der Waals surface area contributed by atoms with Gasteiger partial charge in [-0.15, -0.1) is 0 Å². The van der Waals surface area contributed by atoms with Crippen LogP contribution in [0.5, 0.6) is 0 Å². The Morgan fingerprint density at radius 3 is 2.28 bits per heavy atom. The molecule has 0 aromatic rings. The molecule has 0 spiro atoms. The zero-order valence-electron chi connectivity index (χ0n) is 11.2. The van der Waals surface area contributed by atoms with Crippen LogP contribution < -0.4 is 0 Å². The second-order valence-corrected chi connectivity index (χ2v) is 5.75. The van der Waals surface area contributed by atoms with E-state index in [1.54, 1.807) is 4.90 Å². The SMILES string of the molecule is CC(C)N1CCN(C(=O)C2CCC(F)(F)C2)CC1. The van der Waals surface area contributed by atoms with Crippen LogP contribution in [0.1, 0.15) is 33.1 Å². The van der Waals surface area contributed by atoms with E-state index in [1.165, 1.54) is 0 Å². The van der Waals surface area contributed by atoms with E-state index in [9.17, 15) is 13.6 Å². The summed E-state index contributed by atoms with van der Waals surface area (Å²) in [7, 11) is 0. The number of carbonyl (C=O) groups excluding carboxylic acids is 1. The van der Waals surface area contributed by atoms with Gasteiger partial charge in [0.2, 0.25) is 11.8 Å². The fourth-order valence-electron chi connectivity index (χ4n) is 2.88. The third kappa shape index (κ3) is 2.99. The van der Waals surface area contributed by atoms with Crippen molar-refractivity contribution >= 4 is 5.91 Å². The third-order valence-corrected chi connectivity index (χ3v) is 4.11. The molecule has 1 saturated heterocycles. The van der Waals surface area contributed by atoms with Gasteiger partial charge in [0.05, 0.1) is 0 Å². The molecule has 1 amide bonds. The number of piperazine rings is 1. The molecule has 0 radical (unpaired) electrons. The normalized spacial score (nSPS) is 28.9. The van der Waals surface area contributed by atoms with Gasteiger partial charge in [-0.25, -0.2) is 8.78 Å². The molecule has 0 bridgehead atoms. The molecular weight excluding hydrogens is 238 g/mol. The summed E-state index contributed by atoms with van der Waals surface area (Å²) in [6.07, 6.45) is -0.0399. The Bertz CT molecular complexity index is 312. The molecular formula is C13H22F2N2O. The van der Waals surface area contributed by atoms with Crippen molar-refractivity contribution in [1.82, 2.24) is 9.80 Å². The maximum absolute atomic E-state index is 13.1. The smallest absolute Gasteiger partial charge is 0.248 e. The molecule has 0 N–H and O–H groups in total. The fourth-order valence-corrected chi connectivity index (χ4v) is 2.88. The molecule has 5 heteroatoms. The highest BCUT2D eigenvalue weighted by Gasteiger charge is 2.43. The van der Waals surface area contributed by atoms with Gasteiger partial charge < -0.3 is 4.90 Å². The minimum absolute atomic E-state index is 0.0596. The highest BCUT2D eigenvalue weighted by atomic mass is 19.3. The Balaban J connectivity index is 1.85. The standard InChI is InChI=1S/C13H22F2N2O/c1-10(2)16-5-7-17(8-6-16)12(18)11-3-4-13(14,15)9-11/h10-11H,3-9H2,1-2H3. The van der Waals surface area contributed by atoms with Crippen molar-refractivity contribution in [3.05, 3.63) is 0 Å². The predicted molar refractivity (Wildman–Crippen MR) is 65.6 cm³/mol. The first kappa shape index (κ1) is 13.7. The van der Waals surface area contributed by atoms with Gasteiger partial charge >= 0.3 is 0 Å². The van der Waals surface area contributed by atoms with Crippen molar-refractivity contribution in [2.75, 3.05) is 26.2 Å². The molecule has 104 valence electrons. The Labute approximate surface area is 107 Å². The van der Waals surface area contributed by atoms with Crippen LogP contribution in [0.3, 0.4) is 0 Å². The van der Waals surface area contributed by atoms with E-state index < -0.39 is 11.8 Å². The first-order chi connectivity index (χ1) is 8.39. The summed E-state index contributed by atoms with van der Waals surface area (Å²) in [6, 6.07) is 0.484. The second-order valence-electron chi connectivity index (χ2n) is 5.75. The van der Waals surface area contributed by atoms with Gasteiger partial charge in [-0.05, 0) is 20.3 Å². The molecule has 18 heavy (non-hydrogen) atoms. The highest BCUT2D eigenvalue weighted by Crippen LogP contribution is 2.39. The van der Waals surface area contributed by atoms with Crippen LogP contribution in [0.2, 0.25) is 0 Å². The lowest BCUT2D eigenvalue weighted by Crippen LogP contribution is -2.51. The van der Waals surface area contributed by atoms with Crippen molar-refractivity contribution in [3.63, 3.8) is 0 Å². The highest BCUT2D eigenvalue weighted by molar-refractivity contribution is 5.79. The van der Waals surface area contributed by atoms with Crippen LogP contribution in [0.25, 0.3) is 0 Å². The number of amides is 1. The molecule has 1 aliphatic carbocycles. The molecule has 2 aliphatic rings. The maximum atomic E-state index is 13.1. The lowest BCUT2D eigenvalue weighted by molar-refractivity contribution is -0.138. The fraction of sp³-hybridized carbons (Fsp3) is 0.923. The van der Waals surface area contributed by atoms with Gasteiger partial charge in [0.15, 0.2) is 0 Å². The number of carbonyl (C=O) groups is 1. The van der Waals surface area contributed by atoms with Crippen molar-refractivity contribution in [1.29, 1.82) is 0 Å². The first-order valence-corrected chi connectivity index (χ1v) is 6.80. The lowest BCUT2D eigenvalue weighted by atomic mass is 10.1. The van der Waals surface area contributed by atoms with Gasteiger partial charge in [-0.3, -0.25) is 9.69 Å². The Morgan fingerprint density at radius 1 is 1.22 bits per heavy atom. The van der Waals surface area contributed by atoms with Crippen molar-refractivity contribution in [3.8, 4) is 0 Å². The van der Waals surface area contributed by atoms with Gasteiger partial charge in [0.1, 0.15) is 0 Å². The molecule has 1 aliphatic heterocycles. The average molecular weight is 260 g/mol. The van der Waals surface area contributed by atoms with Gasteiger partial charge in [-0.1, -0.05) is 0 Å². The Kier molecular flexibility index (Phi) is 3.90. The Morgan fingerprint density at radius 2 is 1.83 bits per heavy atom. The molecule has 1 heterocycles. The van der Waals surface area contributed by atoms with Crippen molar-refractivity contribution in [2.45, 2.75) is 45.1 Å². The van der Waals surface area contributed by atoms with Gasteiger partial charge in [0.25, 0.3) is 0 Å². The average Bonchev–Trinajstić information content (AvgIpc) is 2.69. The molecule has 0 aromatic heterocycles. The van der Waals surface area contributed by atoms with Gasteiger partial charge in [0, 0.05) is 51.0 Å². The summed E-state index contributed by atoms with van der Waals surface area (Å²) in [6.45, 7) is 7.33. The molecule has 2 rings (SSSR count). The quantitative estimate of drug-likeness (QED) is 0.758. The van der Waals surface area contributed by atoms with E-state index in [0.717, 1.165) is 13.1 Å². The van der Waals surface area contributed by atoms with E-state index in [4.69, 9.17) is 0 Å². The number of halogens is 2. The number of hydrogen-bond acceptors (Lipinski definition) is 2. The summed E-state index contributed by atoms with van der Waals surface area (Å²) < 4.78 is 26.2. The summed E-state index contributed by atoms with van der Waals surface area (Å²) in [4.78, 5) is 16.2. The summed E-state index contributed by atoms with van der Waals surface area (Å²) in [5.74, 6) is -3.14. The van der Waals surface area contributed by atoms with Crippen LogP contribution in [0.4, 0.5) is 8.78 Å². The lowest BCUT2D eigenvalue weighted by Gasteiger charge is -2.37. The number of alkyl halides is 2. The molecule has 3 nitrogen and oxygen atoms in total. The number of rotatable bonds is 2. The molecule has 1 unspecified atom stereocenters. The molecule has 2 fully saturated rings.